The van der Waals surface area contributed by atoms with Gasteiger partial charge in [0.15, 0.2) is 11.5 Å². The van der Waals surface area contributed by atoms with Crippen molar-refractivity contribution in [2.45, 2.75) is 17.9 Å². The van der Waals surface area contributed by atoms with E-state index in [1.54, 1.807) is 27.9 Å². The third-order valence-electron chi connectivity index (χ3n) is 6.31. The van der Waals surface area contributed by atoms with Crippen LogP contribution in [0.5, 0.6) is 11.5 Å². The lowest BCUT2D eigenvalue weighted by atomic mass is 9.73. The number of amides is 2. The zero-order valence-electron chi connectivity index (χ0n) is 17.2. The lowest BCUT2D eigenvalue weighted by Gasteiger charge is -2.33. The number of nitrogens with zero attached hydrogens (tertiary/aromatic N) is 3. The summed E-state index contributed by atoms with van der Waals surface area (Å²) in [5, 5.41) is 17.5. The van der Waals surface area contributed by atoms with E-state index >= 15 is 0 Å². The zero-order valence-corrected chi connectivity index (χ0v) is 17.2. The van der Waals surface area contributed by atoms with Crippen LogP contribution in [0.4, 0.5) is 5.69 Å². The van der Waals surface area contributed by atoms with Crippen LogP contribution in [0, 0.1) is 0 Å². The number of phenolic OH excluding ortho intramolecular Hbond substituents is 1. The Bertz CT molecular complexity index is 1200. The number of aromatic hydroxyl groups is 1. The van der Waals surface area contributed by atoms with E-state index in [0.29, 0.717) is 24.3 Å². The predicted molar refractivity (Wildman–Crippen MR) is 113 cm³/mol. The van der Waals surface area contributed by atoms with Crippen molar-refractivity contribution in [3.8, 4) is 11.5 Å². The summed E-state index contributed by atoms with van der Waals surface area (Å²) in [7, 11) is 3.26. The lowest BCUT2D eigenvalue weighted by Crippen LogP contribution is -2.42. The fourth-order valence-corrected chi connectivity index (χ4v) is 4.94. The average molecular weight is 418 g/mol. The van der Waals surface area contributed by atoms with Crippen LogP contribution in [0.25, 0.3) is 0 Å². The second-order valence-corrected chi connectivity index (χ2v) is 7.96. The maximum Gasteiger partial charge on any atom is 0.254 e. The number of phenols is 1. The van der Waals surface area contributed by atoms with E-state index in [9.17, 15) is 14.7 Å². The number of carbonyl (C=O) groups excluding carboxylic acids is 2. The molecule has 0 radical (unpaired) electrons. The molecule has 5 rings (SSSR count). The second-order valence-electron chi connectivity index (χ2n) is 7.96. The fraction of sp³-hybridized carbons (Fsp3) is 0.261. The van der Waals surface area contributed by atoms with Gasteiger partial charge in [-0.3, -0.25) is 14.3 Å². The standard InChI is InChI=1S/C23H22N4O4/c1-26-13-15(12-24-26)20-23(16-5-3-4-6-17(16)25-22(23)30)9-10-27(20)21(29)14-7-8-19(31-2)18(28)11-14/h3-8,11-13,20,28H,9-10H2,1-2H3,(H,25,30). The molecular weight excluding hydrogens is 396 g/mol. The molecule has 1 saturated heterocycles. The Kier molecular flexibility index (Phi) is 4.25. The van der Waals surface area contributed by atoms with Crippen LogP contribution in [-0.4, -0.2) is 45.3 Å². The first-order valence-electron chi connectivity index (χ1n) is 10.0. The van der Waals surface area contributed by atoms with Gasteiger partial charge in [-0.05, 0) is 36.2 Å². The Morgan fingerprint density at radius 3 is 2.81 bits per heavy atom. The molecule has 1 fully saturated rings. The lowest BCUT2D eigenvalue weighted by molar-refractivity contribution is -0.121. The monoisotopic (exact) mass is 418 g/mol. The number of rotatable bonds is 3. The van der Waals surface area contributed by atoms with E-state index in [-0.39, 0.29) is 17.6 Å². The van der Waals surface area contributed by atoms with E-state index in [2.05, 4.69) is 10.4 Å². The molecule has 2 N–H and O–H groups in total. The van der Waals surface area contributed by atoms with Gasteiger partial charge in [-0.1, -0.05) is 18.2 Å². The van der Waals surface area contributed by atoms with Crippen molar-refractivity contribution in [2.75, 3.05) is 19.0 Å². The third kappa shape index (κ3) is 2.71. The molecule has 31 heavy (non-hydrogen) atoms. The highest BCUT2D eigenvalue weighted by Crippen LogP contribution is 2.54. The van der Waals surface area contributed by atoms with Crippen molar-refractivity contribution in [3.05, 3.63) is 71.5 Å². The van der Waals surface area contributed by atoms with Crippen LogP contribution in [0.3, 0.4) is 0 Å². The molecule has 0 aliphatic carbocycles. The molecule has 8 heteroatoms. The van der Waals surface area contributed by atoms with Gasteiger partial charge in [-0.2, -0.15) is 5.10 Å². The quantitative estimate of drug-likeness (QED) is 0.682. The molecule has 2 aliphatic rings. The summed E-state index contributed by atoms with van der Waals surface area (Å²) in [6.45, 7) is 0.396. The molecule has 2 unspecified atom stereocenters. The molecule has 0 bridgehead atoms. The molecule has 2 aromatic carbocycles. The number of hydrogen-bond donors (Lipinski definition) is 2. The number of likely N-dealkylation sites (tertiary alicyclic amines) is 1. The minimum absolute atomic E-state index is 0.107. The molecule has 158 valence electrons. The predicted octanol–water partition coefficient (Wildman–Crippen LogP) is 2.61. The van der Waals surface area contributed by atoms with Gasteiger partial charge < -0.3 is 20.1 Å². The molecule has 3 aromatic rings. The molecule has 2 amide bonds. The first kappa shape index (κ1) is 19.2. The number of carbonyl (C=O) groups is 2. The van der Waals surface area contributed by atoms with Gasteiger partial charge in [-0.25, -0.2) is 0 Å². The van der Waals surface area contributed by atoms with Crippen LogP contribution in [-0.2, 0) is 17.3 Å². The summed E-state index contributed by atoms with van der Waals surface area (Å²) in [6.07, 6.45) is 4.04. The Morgan fingerprint density at radius 2 is 2.10 bits per heavy atom. The van der Waals surface area contributed by atoms with Crippen molar-refractivity contribution >= 4 is 17.5 Å². The number of aromatic nitrogens is 2. The van der Waals surface area contributed by atoms with E-state index in [1.807, 2.05) is 37.5 Å². The average Bonchev–Trinajstić information content (AvgIpc) is 3.44. The smallest absolute Gasteiger partial charge is 0.254 e. The van der Waals surface area contributed by atoms with Gasteiger partial charge in [0.25, 0.3) is 5.91 Å². The summed E-state index contributed by atoms with van der Waals surface area (Å²) >= 11 is 0. The fourth-order valence-electron chi connectivity index (χ4n) is 4.94. The highest BCUT2D eigenvalue weighted by atomic mass is 16.5. The maximum atomic E-state index is 13.6. The number of anilines is 1. The first-order chi connectivity index (χ1) is 15.0. The van der Waals surface area contributed by atoms with Gasteiger partial charge in [0.05, 0.1) is 19.3 Å². The number of hydrogen-bond acceptors (Lipinski definition) is 5. The van der Waals surface area contributed by atoms with Crippen LogP contribution in [0.15, 0.2) is 54.9 Å². The van der Waals surface area contributed by atoms with Crippen LogP contribution in [0.2, 0.25) is 0 Å². The number of aryl methyl sites for hydroxylation is 1. The molecule has 1 aromatic heterocycles. The van der Waals surface area contributed by atoms with Gasteiger partial charge in [0.2, 0.25) is 5.91 Å². The van der Waals surface area contributed by atoms with Crippen molar-refractivity contribution < 1.29 is 19.4 Å². The Morgan fingerprint density at radius 1 is 1.29 bits per heavy atom. The van der Waals surface area contributed by atoms with E-state index in [0.717, 1.165) is 16.8 Å². The normalized spacial score (nSPS) is 21.9. The molecular formula is C23H22N4O4. The largest absolute Gasteiger partial charge is 0.504 e. The maximum absolute atomic E-state index is 13.6. The van der Waals surface area contributed by atoms with Gasteiger partial charge in [0.1, 0.15) is 5.41 Å². The molecule has 8 nitrogen and oxygen atoms in total. The number of nitrogens with one attached hydrogen (secondary N) is 1. The van der Waals surface area contributed by atoms with Crippen LogP contribution >= 0.6 is 0 Å². The van der Waals surface area contributed by atoms with E-state index < -0.39 is 11.5 Å². The summed E-state index contributed by atoms with van der Waals surface area (Å²) in [4.78, 5) is 28.6. The molecule has 2 aliphatic heterocycles. The summed E-state index contributed by atoms with van der Waals surface area (Å²) in [6, 6.07) is 11.7. The summed E-state index contributed by atoms with van der Waals surface area (Å²) in [5.41, 5.74) is 1.89. The van der Waals surface area contributed by atoms with Gasteiger partial charge in [-0.15, -0.1) is 0 Å². The topological polar surface area (TPSA) is 96.7 Å². The third-order valence-corrected chi connectivity index (χ3v) is 6.31. The first-order valence-corrected chi connectivity index (χ1v) is 10.0. The SMILES string of the molecule is COc1ccc(C(=O)N2CCC3(C(=O)Nc4ccccc43)C2c2cnn(C)c2)cc1O. The van der Waals surface area contributed by atoms with Gasteiger partial charge >= 0.3 is 0 Å². The van der Waals surface area contributed by atoms with Crippen molar-refractivity contribution in [1.29, 1.82) is 0 Å². The van der Waals surface area contributed by atoms with Crippen molar-refractivity contribution in [2.24, 2.45) is 7.05 Å². The number of methoxy groups -OCH3 is 1. The van der Waals surface area contributed by atoms with E-state index in [1.165, 1.54) is 13.2 Å². The highest BCUT2D eigenvalue weighted by Gasteiger charge is 2.59. The summed E-state index contributed by atoms with van der Waals surface area (Å²) < 4.78 is 6.76. The molecule has 1 spiro atoms. The van der Waals surface area contributed by atoms with Gasteiger partial charge in [0, 0.05) is 36.6 Å². The molecule has 3 heterocycles. The minimum atomic E-state index is -0.899. The Hall–Kier alpha value is -3.81. The van der Waals surface area contributed by atoms with Crippen molar-refractivity contribution in [1.82, 2.24) is 14.7 Å². The highest BCUT2D eigenvalue weighted by molar-refractivity contribution is 6.08. The zero-order chi connectivity index (χ0) is 21.8. The molecule has 0 saturated carbocycles. The number of fused-ring (bicyclic) bond motifs is 2. The Labute approximate surface area is 179 Å². The van der Waals surface area contributed by atoms with Crippen LogP contribution < -0.4 is 10.1 Å². The molecule has 2 atom stereocenters. The van der Waals surface area contributed by atoms with E-state index in [4.69, 9.17) is 4.74 Å². The number of benzene rings is 2. The van der Waals surface area contributed by atoms with Crippen LogP contribution in [0.1, 0.15) is 33.9 Å². The summed E-state index contributed by atoms with van der Waals surface area (Å²) in [5.74, 6) is -0.192. The second kappa shape index (κ2) is 6.87. The van der Waals surface area contributed by atoms with Crippen molar-refractivity contribution in [3.63, 3.8) is 0 Å². The minimum Gasteiger partial charge on any atom is -0.504 e. The Balaban J connectivity index is 1.63. The number of para-hydroxylation sites is 1. The number of ether oxygens (including phenoxy) is 1.